The Hall–Kier alpha value is -2.00. The molecule has 0 spiro atoms. The molecule has 130 valence electrons. The molecule has 1 atom stereocenters. The van der Waals surface area contributed by atoms with Gasteiger partial charge in [0.1, 0.15) is 5.75 Å². The van der Waals surface area contributed by atoms with Gasteiger partial charge in [-0.15, -0.1) is 0 Å². The Morgan fingerprint density at radius 1 is 1.00 bits per heavy atom. The average Bonchev–Trinajstić information content (AvgIpc) is 2.61. The molecule has 0 radical (unpaired) electrons. The Morgan fingerprint density at radius 3 is 2.25 bits per heavy atom. The van der Waals surface area contributed by atoms with Crippen molar-refractivity contribution >= 4 is 5.69 Å². The lowest BCUT2D eigenvalue weighted by Crippen LogP contribution is -2.25. The summed E-state index contributed by atoms with van der Waals surface area (Å²) in [6.07, 6.45) is 0.247. The number of rotatable bonds is 9. The monoisotopic (exact) mass is 327 g/mol. The van der Waals surface area contributed by atoms with Gasteiger partial charge in [-0.1, -0.05) is 44.2 Å². The lowest BCUT2D eigenvalue weighted by Gasteiger charge is -2.24. The van der Waals surface area contributed by atoms with Gasteiger partial charge < -0.3 is 14.7 Å². The quantitative estimate of drug-likeness (QED) is 0.726. The second kappa shape index (κ2) is 9.33. The Kier molecular flexibility index (Phi) is 7.13. The third-order valence-corrected chi connectivity index (χ3v) is 4.02. The van der Waals surface area contributed by atoms with E-state index in [4.69, 9.17) is 4.74 Å². The van der Waals surface area contributed by atoms with Gasteiger partial charge in [0.2, 0.25) is 0 Å². The first-order valence-electron chi connectivity index (χ1n) is 8.81. The van der Waals surface area contributed by atoms with Crippen LogP contribution < -0.4 is 9.64 Å². The second-order valence-corrected chi connectivity index (χ2v) is 6.49. The average molecular weight is 327 g/mol. The van der Waals surface area contributed by atoms with Gasteiger partial charge in [-0.3, -0.25) is 0 Å². The fourth-order valence-corrected chi connectivity index (χ4v) is 2.60. The number of aliphatic hydroxyl groups is 1. The van der Waals surface area contributed by atoms with Crippen LogP contribution in [-0.2, 0) is 0 Å². The summed E-state index contributed by atoms with van der Waals surface area (Å²) >= 11 is 0. The van der Waals surface area contributed by atoms with Gasteiger partial charge in [-0.25, -0.2) is 0 Å². The molecule has 3 heteroatoms. The summed E-state index contributed by atoms with van der Waals surface area (Å²) < 4.78 is 5.69. The molecule has 0 saturated heterocycles. The Bertz CT molecular complexity index is 581. The fraction of sp³-hybridized carbons (Fsp3) is 0.429. The molecular weight excluding hydrogens is 298 g/mol. The van der Waals surface area contributed by atoms with Gasteiger partial charge in [0.25, 0.3) is 0 Å². The van der Waals surface area contributed by atoms with E-state index >= 15 is 0 Å². The molecule has 1 N–H and O–H groups in total. The summed E-state index contributed by atoms with van der Waals surface area (Å²) in [5.74, 6) is 1.37. The molecule has 0 heterocycles. The Morgan fingerprint density at radius 2 is 1.67 bits per heavy atom. The molecule has 2 rings (SSSR count). The van der Waals surface area contributed by atoms with Crippen molar-refractivity contribution in [3.63, 3.8) is 0 Å². The first-order chi connectivity index (χ1) is 11.6. The highest BCUT2D eigenvalue weighted by Gasteiger charge is 2.11. The molecule has 0 aliphatic carbocycles. The third kappa shape index (κ3) is 5.57. The van der Waals surface area contributed by atoms with Gasteiger partial charge in [0.15, 0.2) is 0 Å². The number of hydrogen-bond donors (Lipinski definition) is 1. The van der Waals surface area contributed by atoms with Crippen LogP contribution in [-0.4, -0.2) is 24.8 Å². The van der Waals surface area contributed by atoms with Gasteiger partial charge in [0.05, 0.1) is 12.7 Å². The van der Waals surface area contributed by atoms with Crippen LogP contribution in [0.5, 0.6) is 5.75 Å². The summed E-state index contributed by atoms with van der Waals surface area (Å²) in [6, 6.07) is 18.1. The highest BCUT2D eigenvalue weighted by molar-refractivity contribution is 5.45. The Balaban J connectivity index is 1.88. The maximum Gasteiger partial charge on any atom is 0.119 e. The zero-order chi connectivity index (χ0) is 17.4. The van der Waals surface area contributed by atoms with Gasteiger partial charge in [0, 0.05) is 18.8 Å². The van der Waals surface area contributed by atoms with Crippen molar-refractivity contribution in [1.29, 1.82) is 0 Å². The zero-order valence-corrected chi connectivity index (χ0v) is 15.0. The number of anilines is 1. The topological polar surface area (TPSA) is 32.7 Å². The van der Waals surface area contributed by atoms with Gasteiger partial charge in [-0.05, 0) is 49.1 Å². The van der Waals surface area contributed by atoms with Crippen LogP contribution in [0.15, 0.2) is 54.6 Å². The molecule has 3 nitrogen and oxygen atoms in total. The fourth-order valence-electron chi connectivity index (χ4n) is 2.60. The molecule has 0 aromatic heterocycles. The van der Waals surface area contributed by atoms with Crippen molar-refractivity contribution in [1.82, 2.24) is 0 Å². The minimum Gasteiger partial charge on any atom is -0.493 e. The van der Waals surface area contributed by atoms with E-state index in [2.05, 4.69) is 37.8 Å². The molecular formula is C21H29NO2. The molecule has 2 aromatic carbocycles. The molecule has 0 aliphatic rings. The molecule has 24 heavy (non-hydrogen) atoms. The summed E-state index contributed by atoms with van der Waals surface area (Å²) in [7, 11) is 0. The van der Waals surface area contributed by atoms with E-state index in [1.54, 1.807) is 0 Å². The molecule has 2 aromatic rings. The normalized spacial score (nSPS) is 12.2. The van der Waals surface area contributed by atoms with Crippen molar-refractivity contribution in [2.24, 2.45) is 5.92 Å². The third-order valence-electron chi connectivity index (χ3n) is 4.02. The largest absolute Gasteiger partial charge is 0.493 e. The molecule has 0 amide bonds. The maximum atomic E-state index is 10.5. The number of benzene rings is 2. The van der Waals surface area contributed by atoms with Crippen molar-refractivity contribution in [2.45, 2.75) is 33.3 Å². The van der Waals surface area contributed by atoms with E-state index in [1.165, 1.54) is 5.69 Å². The summed E-state index contributed by atoms with van der Waals surface area (Å²) in [5.41, 5.74) is 2.14. The van der Waals surface area contributed by atoms with Crippen LogP contribution in [0.3, 0.4) is 0 Å². The van der Waals surface area contributed by atoms with Gasteiger partial charge >= 0.3 is 0 Å². The predicted molar refractivity (Wildman–Crippen MR) is 101 cm³/mol. The van der Waals surface area contributed by atoms with E-state index in [0.717, 1.165) is 24.4 Å². The molecule has 1 unspecified atom stereocenters. The van der Waals surface area contributed by atoms with Crippen LogP contribution in [0.4, 0.5) is 5.69 Å². The minimum absolute atomic E-state index is 0.457. The first kappa shape index (κ1) is 18.3. The van der Waals surface area contributed by atoms with Crippen LogP contribution >= 0.6 is 0 Å². The standard InChI is InChI=1S/C21H29NO2/c1-4-22(19-8-6-5-7-9-19)15-14-21(23)18-10-12-20(13-11-18)24-16-17(2)3/h5-13,17,21,23H,4,14-16H2,1-3H3. The molecule has 0 aliphatic heterocycles. The number of para-hydroxylation sites is 1. The van der Waals surface area contributed by atoms with Crippen molar-refractivity contribution < 1.29 is 9.84 Å². The second-order valence-electron chi connectivity index (χ2n) is 6.49. The van der Waals surface area contributed by atoms with Crippen LogP contribution in [0, 0.1) is 5.92 Å². The number of ether oxygens (including phenoxy) is 1. The van der Waals surface area contributed by atoms with Crippen LogP contribution in [0.25, 0.3) is 0 Å². The lowest BCUT2D eigenvalue weighted by molar-refractivity contribution is 0.169. The highest BCUT2D eigenvalue weighted by atomic mass is 16.5. The minimum atomic E-state index is -0.457. The van der Waals surface area contributed by atoms with E-state index < -0.39 is 6.10 Å². The van der Waals surface area contributed by atoms with E-state index in [9.17, 15) is 5.11 Å². The highest BCUT2D eigenvalue weighted by Crippen LogP contribution is 2.22. The van der Waals surface area contributed by atoms with Crippen LogP contribution in [0.1, 0.15) is 38.9 Å². The number of hydrogen-bond acceptors (Lipinski definition) is 3. The number of nitrogens with zero attached hydrogens (tertiary/aromatic N) is 1. The molecule has 0 bridgehead atoms. The van der Waals surface area contributed by atoms with E-state index in [1.807, 2.05) is 42.5 Å². The van der Waals surface area contributed by atoms with Crippen LogP contribution in [0.2, 0.25) is 0 Å². The Labute approximate surface area is 145 Å². The van der Waals surface area contributed by atoms with E-state index in [-0.39, 0.29) is 0 Å². The summed E-state index contributed by atoms with van der Waals surface area (Å²) in [4.78, 5) is 2.28. The number of aliphatic hydroxyl groups excluding tert-OH is 1. The SMILES string of the molecule is CCN(CCC(O)c1ccc(OCC(C)C)cc1)c1ccccc1. The van der Waals surface area contributed by atoms with Gasteiger partial charge in [-0.2, -0.15) is 0 Å². The predicted octanol–water partition coefficient (Wildman–Crippen LogP) is 4.67. The molecule has 0 saturated carbocycles. The van der Waals surface area contributed by atoms with Crippen molar-refractivity contribution in [3.8, 4) is 5.75 Å². The molecule has 0 fully saturated rings. The zero-order valence-electron chi connectivity index (χ0n) is 15.0. The van der Waals surface area contributed by atoms with Crippen molar-refractivity contribution in [2.75, 3.05) is 24.6 Å². The smallest absolute Gasteiger partial charge is 0.119 e. The summed E-state index contributed by atoms with van der Waals surface area (Å²) in [6.45, 7) is 8.87. The maximum absolute atomic E-state index is 10.5. The first-order valence-corrected chi connectivity index (χ1v) is 8.81. The van der Waals surface area contributed by atoms with E-state index in [0.29, 0.717) is 18.9 Å². The summed E-state index contributed by atoms with van der Waals surface area (Å²) in [5, 5.41) is 10.5. The van der Waals surface area contributed by atoms with Crippen molar-refractivity contribution in [3.05, 3.63) is 60.2 Å². The lowest BCUT2D eigenvalue weighted by atomic mass is 10.1.